The Morgan fingerprint density at radius 2 is 1.52 bits per heavy atom. The van der Waals surface area contributed by atoms with Crippen molar-refractivity contribution in [2.75, 3.05) is 6.26 Å². The van der Waals surface area contributed by atoms with E-state index in [1.54, 1.807) is 12.1 Å². The number of carboxylic acids is 1. The number of sulfone groups is 1. The molecule has 0 saturated carbocycles. The zero-order valence-corrected chi connectivity index (χ0v) is 15.5. The Balaban J connectivity index is 2.26. The molecular weight excluding hydrogens is 364 g/mol. The topological polar surface area (TPSA) is 80.7 Å². The third-order valence-electron chi connectivity index (χ3n) is 4.26. The van der Waals surface area contributed by atoms with Crippen molar-refractivity contribution < 1.29 is 18.3 Å². The van der Waals surface area contributed by atoms with E-state index >= 15 is 0 Å². The number of hydrogen-bond acceptors (Lipinski definition) is 3. The maximum Gasteiger partial charge on any atom is 0.351 e. The number of hydrogen-bond donors (Lipinski definition) is 1. The second-order valence-electron chi connectivity index (χ2n) is 6.07. The van der Waals surface area contributed by atoms with Crippen LogP contribution < -0.4 is 0 Å². The van der Waals surface area contributed by atoms with E-state index in [0.29, 0.717) is 5.56 Å². The summed E-state index contributed by atoms with van der Waals surface area (Å²) in [5, 5.41) is 9.33. The fourth-order valence-corrected chi connectivity index (χ4v) is 4.25. The first-order valence-electron chi connectivity index (χ1n) is 7.95. The lowest BCUT2D eigenvalue weighted by Crippen LogP contribution is -2.10. The Morgan fingerprint density at radius 1 is 1.00 bits per heavy atom. The van der Waals surface area contributed by atoms with Gasteiger partial charge in [0.15, 0.2) is 9.84 Å². The van der Waals surface area contributed by atoms with Crippen LogP contribution in [0.1, 0.15) is 10.5 Å². The average Bonchev–Trinajstić information content (AvgIpc) is 2.95. The zero-order valence-electron chi connectivity index (χ0n) is 14.7. The lowest BCUT2D eigenvalue weighted by molar-refractivity contribution is 0.0686. The Kier molecular flexibility index (Phi) is 4.60. The van der Waals surface area contributed by atoms with Crippen LogP contribution in [-0.4, -0.2) is 30.3 Å². The molecule has 3 rings (SSSR count). The number of aromatic carboxylic acids is 1. The summed E-state index contributed by atoms with van der Waals surface area (Å²) in [5.41, 5.74) is 2.11. The van der Waals surface area contributed by atoms with Crippen molar-refractivity contribution in [2.45, 2.75) is 5.03 Å². The number of rotatable bonds is 4. The molecule has 1 aromatic heterocycles. The van der Waals surface area contributed by atoms with Crippen LogP contribution in [-0.2, 0) is 16.9 Å². The minimum Gasteiger partial charge on any atom is -0.477 e. The van der Waals surface area contributed by atoms with Gasteiger partial charge in [0.2, 0.25) is 5.69 Å². The molecule has 0 radical (unpaired) electrons. The van der Waals surface area contributed by atoms with Gasteiger partial charge in [-0.3, -0.25) is 0 Å². The molecule has 1 heterocycles. The highest BCUT2D eigenvalue weighted by Crippen LogP contribution is 2.41. The van der Waals surface area contributed by atoms with Gasteiger partial charge in [0.05, 0.1) is 6.57 Å². The van der Waals surface area contributed by atoms with Crippen LogP contribution in [0.25, 0.3) is 27.1 Å². The van der Waals surface area contributed by atoms with Crippen molar-refractivity contribution in [1.29, 1.82) is 0 Å². The molecule has 0 atom stereocenters. The van der Waals surface area contributed by atoms with Gasteiger partial charge in [-0.2, -0.15) is 0 Å². The predicted octanol–water partition coefficient (Wildman–Crippen LogP) is 4.01. The van der Waals surface area contributed by atoms with E-state index in [1.165, 1.54) is 7.05 Å². The van der Waals surface area contributed by atoms with Crippen LogP contribution in [0, 0.1) is 6.57 Å². The lowest BCUT2D eigenvalue weighted by Gasteiger charge is -2.07. The maximum absolute atomic E-state index is 12.1. The Hall–Kier alpha value is -3.37. The van der Waals surface area contributed by atoms with Crippen LogP contribution in [0.15, 0.2) is 59.6 Å². The number of nitrogens with zero attached hydrogens (tertiary/aromatic N) is 2. The largest absolute Gasteiger partial charge is 0.477 e. The van der Waals surface area contributed by atoms with E-state index in [0.717, 1.165) is 21.9 Å². The van der Waals surface area contributed by atoms with Gasteiger partial charge in [0.1, 0.15) is 10.7 Å². The highest BCUT2D eigenvalue weighted by molar-refractivity contribution is 7.90. The summed E-state index contributed by atoms with van der Waals surface area (Å²) in [4.78, 5) is 15.1. The minimum absolute atomic E-state index is 0.111. The van der Waals surface area contributed by atoms with Gasteiger partial charge in [-0.1, -0.05) is 54.6 Å². The third-order valence-corrected chi connectivity index (χ3v) is 5.43. The van der Waals surface area contributed by atoms with Gasteiger partial charge >= 0.3 is 5.97 Å². The molecule has 7 heteroatoms. The normalized spacial score (nSPS) is 11.1. The van der Waals surface area contributed by atoms with Crippen molar-refractivity contribution in [3.05, 3.63) is 71.7 Å². The molecule has 0 aliphatic heterocycles. The zero-order chi connectivity index (χ0) is 19.8. The van der Waals surface area contributed by atoms with Crippen molar-refractivity contribution >= 4 is 21.5 Å². The summed E-state index contributed by atoms with van der Waals surface area (Å²) in [7, 11) is -2.44. The molecule has 0 saturated heterocycles. The van der Waals surface area contributed by atoms with Crippen LogP contribution in [0.2, 0.25) is 0 Å². The van der Waals surface area contributed by atoms with Gasteiger partial charge < -0.3 is 9.67 Å². The van der Waals surface area contributed by atoms with E-state index in [9.17, 15) is 18.3 Å². The predicted molar refractivity (Wildman–Crippen MR) is 103 cm³/mol. The van der Waals surface area contributed by atoms with Gasteiger partial charge in [0, 0.05) is 18.9 Å². The first kappa shape index (κ1) is 18.4. The van der Waals surface area contributed by atoms with E-state index in [2.05, 4.69) is 4.85 Å². The van der Waals surface area contributed by atoms with E-state index in [4.69, 9.17) is 6.57 Å². The summed E-state index contributed by atoms with van der Waals surface area (Å²) < 4.78 is 25.3. The molecule has 1 N–H and O–H groups in total. The number of carbonyl (C=O) groups is 1. The van der Waals surface area contributed by atoms with Gasteiger partial charge in [-0.15, -0.1) is 0 Å². The molecule has 0 unspecified atom stereocenters. The average molecular weight is 380 g/mol. The standard InChI is InChI=1S/C20H16N2O4S/c1-21-17-16(18(20(23)24)22(2)19(17)27(3,25)26)15-11-9-14(10-12-15)13-7-5-4-6-8-13/h4-12H,2-3H3,(H,23,24). The van der Waals surface area contributed by atoms with Crippen LogP contribution in [0.5, 0.6) is 0 Å². The molecule has 136 valence electrons. The first-order valence-corrected chi connectivity index (χ1v) is 9.84. The molecule has 0 amide bonds. The molecule has 0 spiro atoms. The molecule has 0 bridgehead atoms. The third kappa shape index (κ3) is 3.23. The van der Waals surface area contributed by atoms with Crippen LogP contribution in [0.4, 0.5) is 5.69 Å². The Bertz CT molecular complexity index is 1170. The number of carboxylic acid groups (broad SMARTS) is 1. The molecule has 0 fully saturated rings. The molecule has 2 aromatic carbocycles. The molecule has 0 aliphatic carbocycles. The molecule has 3 aromatic rings. The van der Waals surface area contributed by atoms with Crippen molar-refractivity contribution in [2.24, 2.45) is 7.05 Å². The van der Waals surface area contributed by atoms with Crippen LogP contribution in [0.3, 0.4) is 0 Å². The summed E-state index contributed by atoms with van der Waals surface area (Å²) >= 11 is 0. The van der Waals surface area contributed by atoms with Gasteiger partial charge in [0.25, 0.3) is 0 Å². The second-order valence-corrected chi connectivity index (χ2v) is 8.00. The van der Waals surface area contributed by atoms with E-state index < -0.39 is 15.8 Å². The first-order chi connectivity index (χ1) is 12.8. The number of benzene rings is 2. The van der Waals surface area contributed by atoms with Gasteiger partial charge in [-0.25, -0.2) is 18.1 Å². The molecular formula is C20H16N2O4S. The Labute approximate surface area is 157 Å². The fourth-order valence-electron chi connectivity index (χ4n) is 3.16. The maximum atomic E-state index is 12.1. The Morgan fingerprint density at radius 3 is 2.00 bits per heavy atom. The minimum atomic E-state index is -3.78. The summed E-state index contributed by atoms with van der Waals surface area (Å²) in [6, 6.07) is 16.7. The highest BCUT2D eigenvalue weighted by atomic mass is 32.2. The number of aromatic nitrogens is 1. The summed E-state index contributed by atoms with van der Waals surface area (Å²) in [6.07, 6.45) is 0.963. The lowest BCUT2D eigenvalue weighted by atomic mass is 9.99. The summed E-state index contributed by atoms with van der Waals surface area (Å²) in [5.74, 6) is -1.29. The van der Waals surface area contributed by atoms with Crippen molar-refractivity contribution in [1.82, 2.24) is 4.57 Å². The fraction of sp³-hybridized carbons (Fsp3) is 0.100. The summed E-state index contributed by atoms with van der Waals surface area (Å²) in [6.45, 7) is 7.44. The SMILES string of the molecule is [C-]#[N+]c1c(-c2ccc(-c3ccccc3)cc2)c(C(=O)O)n(C)c1S(C)(=O)=O. The van der Waals surface area contributed by atoms with Crippen LogP contribution >= 0.6 is 0 Å². The van der Waals surface area contributed by atoms with Crippen molar-refractivity contribution in [3.63, 3.8) is 0 Å². The highest BCUT2D eigenvalue weighted by Gasteiger charge is 2.31. The molecule has 0 aliphatic rings. The van der Waals surface area contributed by atoms with E-state index in [1.807, 2.05) is 42.5 Å². The van der Waals surface area contributed by atoms with Crippen molar-refractivity contribution in [3.8, 4) is 22.3 Å². The smallest absolute Gasteiger partial charge is 0.351 e. The van der Waals surface area contributed by atoms with Gasteiger partial charge in [-0.05, 0) is 16.7 Å². The molecule has 27 heavy (non-hydrogen) atoms. The quantitative estimate of drug-likeness (QED) is 0.694. The molecule has 6 nitrogen and oxygen atoms in total. The second kappa shape index (κ2) is 6.74. The van der Waals surface area contributed by atoms with E-state index in [-0.39, 0.29) is 22.0 Å². The monoisotopic (exact) mass is 380 g/mol.